The van der Waals surface area contributed by atoms with E-state index in [1.165, 1.54) is 19.4 Å². The SMILES string of the molecule is CC(O)C(NC(=O)C(Cc1cnc[nH]1)NC(=O)C(CC(=O)O)NC(=O)C(N)Cc1ccccc1)C(=O)O. The van der Waals surface area contributed by atoms with Gasteiger partial charge in [0.25, 0.3) is 0 Å². The molecule has 3 amide bonds. The largest absolute Gasteiger partial charge is 0.481 e. The van der Waals surface area contributed by atoms with Crippen molar-refractivity contribution < 1.29 is 39.3 Å². The van der Waals surface area contributed by atoms with Crippen LogP contribution >= 0.6 is 0 Å². The summed E-state index contributed by atoms with van der Waals surface area (Å²) >= 11 is 0. The Balaban J connectivity index is 2.17. The van der Waals surface area contributed by atoms with E-state index in [0.29, 0.717) is 5.69 Å². The van der Waals surface area contributed by atoms with Crippen LogP contribution in [0.4, 0.5) is 0 Å². The zero-order valence-corrected chi connectivity index (χ0v) is 20.0. The predicted molar refractivity (Wildman–Crippen MR) is 128 cm³/mol. The Bertz CT molecular complexity index is 1080. The lowest BCUT2D eigenvalue weighted by Gasteiger charge is -2.25. The Morgan fingerprint density at radius 2 is 1.57 bits per heavy atom. The molecule has 5 atom stereocenters. The number of carbonyl (C=O) groups is 5. The second-order valence-electron chi connectivity index (χ2n) is 8.36. The van der Waals surface area contributed by atoms with Gasteiger partial charge in [-0.1, -0.05) is 30.3 Å². The second kappa shape index (κ2) is 13.7. The Hall–Kier alpha value is -4.30. The van der Waals surface area contributed by atoms with Crippen molar-refractivity contribution in [3.8, 4) is 0 Å². The number of carboxylic acid groups (broad SMARTS) is 2. The molecular formula is C23H30N6O8. The number of carboxylic acids is 2. The van der Waals surface area contributed by atoms with E-state index in [1.54, 1.807) is 30.3 Å². The number of hydrogen-bond acceptors (Lipinski definition) is 8. The third-order valence-corrected chi connectivity index (χ3v) is 5.31. The van der Waals surface area contributed by atoms with Gasteiger partial charge in [-0.25, -0.2) is 9.78 Å². The molecule has 0 bridgehead atoms. The first-order valence-corrected chi connectivity index (χ1v) is 11.3. The summed E-state index contributed by atoms with van der Waals surface area (Å²) in [5, 5.41) is 35.0. The molecule has 1 aromatic heterocycles. The second-order valence-corrected chi connectivity index (χ2v) is 8.36. The number of aliphatic carboxylic acids is 2. The number of aromatic nitrogens is 2. The van der Waals surface area contributed by atoms with Crippen LogP contribution in [-0.4, -0.2) is 85.2 Å². The van der Waals surface area contributed by atoms with Crippen LogP contribution in [0.25, 0.3) is 0 Å². The predicted octanol–water partition coefficient (Wildman–Crippen LogP) is -2.08. The summed E-state index contributed by atoms with van der Waals surface area (Å²) in [7, 11) is 0. The number of nitrogens with zero attached hydrogens (tertiary/aromatic N) is 1. The molecule has 5 unspecified atom stereocenters. The van der Waals surface area contributed by atoms with Gasteiger partial charge in [0.1, 0.15) is 12.1 Å². The highest BCUT2D eigenvalue weighted by molar-refractivity contribution is 5.95. The summed E-state index contributed by atoms with van der Waals surface area (Å²) in [5.41, 5.74) is 7.09. The standard InChI is InChI=1S/C23H30N6O8/c1-12(30)19(23(36)37)29-22(35)16(8-14-10-25-11-26-14)28-21(34)17(9-18(31)32)27-20(33)15(24)7-13-5-3-2-4-6-13/h2-6,10-12,15-17,19,30H,7-9,24H2,1H3,(H,25,26)(H,27,33)(H,28,34)(H,29,35)(H,31,32)(H,36,37). The molecule has 0 saturated heterocycles. The minimum atomic E-state index is -1.67. The topological polar surface area (TPSA) is 237 Å². The van der Waals surface area contributed by atoms with Crippen LogP contribution in [0.1, 0.15) is 24.6 Å². The number of amides is 3. The highest BCUT2D eigenvalue weighted by Crippen LogP contribution is 2.05. The molecule has 1 heterocycles. The van der Waals surface area contributed by atoms with Crippen LogP contribution in [0.15, 0.2) is 42.9 Å². The van der Waals surface area contributed by atoms with E-state index in [1.807, 2.05) is 0 Å². The summed E-state index contributed by atoms with van der Waals surface area (Å²) in [4.78, 5) is 67.8. The van der Waals surface area contributed by atoms with Crippen LogP contribution in [0.2, 0.25) is 0 Å². The number of H-pyrrole nitrogens is 1. The normalized spacial score (nSPS) is 14.9. The van der Waals surface area contributed by atoms with Gasteiger partial charge >= 0.3 is 11.9 Å². The molecular weight excluding hydrogens is 488 g/mol. The smallest absolute Gasteiger partial charge is 0.328 e. The highest BCUT2D eigenvalue weighted by Gasteiger charge is 2.33. The van der Waals surface area contributed by atoms with Gasteiger partial charge in [-0.2, -0.15) is 0 Å². The zero-order chi connectivity index (χ0) is 27.5. The molecule has 0 fully saturated rings. The summed E-state index contributed by atoms with van der Waals surface area (Å²) in [6, 6.07) is 3.08. The van der Waals surface area contributed by atoms with Crippen molar-refractivity contribution in [2.45, 2.75) is 56.5 Å². The number of aromatic amines is 1. The van der Waals surface area contributed by atoms with Gasteiger partial charge < -0.3 is 42.0 Å². The van der Waals surface area contributed by atoms with Gasteiger partial charge in [0, 0.05) is 18.3 Å². The summed E-state index contributed by atoms with van der Waals surface area (Å²) in [6.45, 7) is 1.17. The molecule has 9 N–H and O–H groups in total. The Morgan fingerprint density at radius 3 is 2.11 bits per heavy atom. The molecule has 14 nitrogen and oxygen atoms in total. The van der Waals surface area contributed by atoms with Crippen molar-refractivity contribution in [2.24, 2.45) is 5.73 Å². The van der Waals surface area contributed by atoms with E-state index in [0.717, 1.165) is 5.56 Å². The molecule has 2 aromatic rings. The van der Waals surface area contributed by atoms with Crippen molar-refractivity contribution >= 4 is 29.7 Å². The van der Waals surface area contributed by atoms with Crippen molar-refractivity contribution in [3.63, 3.8) is 0 Å². The van der Waals surface area contributed by atoms with Crippen LogP contribution < -0.4 is 21.7 Å². The van der Waals surface area contributed by atoms with Gasteiger partial charge in [0.2, 0.25) is 17.7 Å². The number of benzene rings is 1. The number of imidazole rings is 1. The minimum absolute atomic E-state index is 0.134. The molecule has 37 heavy (non-hydrogen) atoms. The van der Waals surface area contributed by atoms with Crippen molar-refractivity contribution in [1.29, 1.82) is 0 Å². The molecule has 0 aliphatic rings. The lowest BCUT2D eigenvalue weighted by molar-refractivity contribution is -0.145. The van der Waals surface area contributed by atoms with Gasteiger partial charge in [-0.3, -0.25) is 19.2 Å². The molecule has 200 valence electrons. The maximum Gasteiger partial charge on any atom is 0.328 e. The molecule has 0 aliphatic carbocycles. The lowest BCUT2D eigenvalue weighted by atomic mass is 10.0. The third kappa shape index (κ3) is 9.35. The maximum atomic E-state index is 13.0. The first-order chi connectivity index (χ1) is 17.5. The third-order valence-electron chi connectivity index (χ3n) is 5.31. The van der Waals surface area contributed by atoms with E-state index >= 15 is 0 Å². The maximum absolute atomic E-state index is 13.0. The number of aliphatic hydroxyl groups excluding tert-OH is 1. The fourth-order valence-corrected chi connectivity index (χ4v) is 3.36. The zero-order valence-electron chi connectivity index (χ0n) is 20.0. The quantitative estimate of drug-likeness (QED) is 0.136. The van der Waals surface area contributed by atoms with Crippen LogP contribution in [0.3, 0.4) is 0 Å². The van der Waals surface area contributed by atoms with Gasteiger partial charge in [-0.15, -0.1) is 0 Å². The van der Waals surface area contributed by atoms with E-state index in [2.05, 4.69) is 25.9 Å². The summed E-state index contributed by atoms with van der Waals surface area (Å²) in [5.74, 6) is -5.64. The molecule has 1 aromatic carbocycles. The van der Waals surface area contributed by atoms with Crippen molar-refractivity contribution in [2.75, 3.05) is 0 Å². The number of nitrogens with two attached hydrogens (primary N) is 1. The number of carbonyl (C=O) groups excluding carboxylic acids is 3. The number of hydrogen-bond donors (Lipinski definition) is 8. The average molecular weight is 519 g/mol. The van der Waals surface area contributed by atoms with E-state index in [-0.39, 0.29) is 12.8 Å². The monoisotopic (exact) mass is 518 g/mol. The summed E-state index contributed by atoms with van der Waals surface area (Å²) < 4.78 is 0. The first kappa shape index (κ1) is 28.9. The average Bonchev–Trinajstić information content (AvgIpc) is 3.34. The molecule has 0 aliphatic heterocycles. The van der Waals surface area contributed by atoms with Crippen LogP contribution in [0.5, 0.6) is 0 Å². The number of nitrogens with one attached hydrogen (secondary N) is 4. The van der Waals surface area contributed by atoms with E-state index in [9.17, 15) is 39.3 Å². The lowest BCUT2D eigenvalue weighted by Crippen LogP contribution is -2.59. The van der Waals surface area contributed by atoms with Crippen molar-refractivity contribution in [1.82, 2.24) is 25.9 Å². The van der Waals surface area contributed by atoms with Gasteiger partial charge in [0.05, 0.1) is 24.9 Å². The number of aliphatic hydroxyl groups is 1. The van der Waals surface area contributed by atoms with Gasteiger partial charge in [-0.05, 0) is 18.9 Å². The van der Waals surface area contributed by atoms with E-state index < -0.39 is 66.4 Å². The van der Waals surface area contributed by atoms with Crippen molar-refractivity contribution in [3.05, 3.63) is 54.1 Å². The Labute approximate surface area is 211 Å². The molecule has 0 saturated carbocycles. The highest BCUT2D eigenvalue weighted by atomic mass is 16.4. The van der Waals surface area contributed by atoms with Gasteiger partial charge in [0.15, 0.2) is 6.04 Å². The Morgan fingerprint density at radius 1 is 0.946 bits per heavy atom. The van der Waals surface area contributed by atoms with Crippen LogP contribution in [0, 0.1) is 0 Å². The van der Waals surface area contributed by atoms with Crippen LogP contribution in [-0.2, 0) is 36.8 Å². The molecule has 14 heteroatoms. The molecule has 0 spiro atoms. The number of rotatable bonds is 14. The fraction of sp³-hybridized carbons (Fsp3) is 0.391. The molecule has 0 radical (unpaired) electrons. The fourth-order valence-electron chi connectivity index (χ4n) is 3.36. The summed E-state index contributed by atoms with van der Waals surface area (Å²) in [6.07, 6.45) is 0.396. The minimum Gasteiger partial charge on any atom is -0.481 e. The van der Waals surface area contributed by atoms with E-state index in [4.69, 9.17) is 5.73 Å². The molecule has 2 rings (SSSR count). The Kier molecular flexibility index (Phi) is 10.7. The first-order valence-electron chi connectivity index (χ1n) is 11.3.